The van der Waals surface area contributed by atoms with Crippen LogP contribution in [0.25, 0.3) is 0 Å². The molecule has 3 aromatic rings. The number of rotatable bonds is 7. The third kappa shape index (κ3) is 4.80. The van der Waals surface area contributed by atoms with E-state index in [2.05, 4.69) is 20.8 Å². The number of amides is 1. The maximum atomic E-state index is 12.4. The van der Waals surface area contributed by atoms with Crippen LogP contribution in [0.5, 0.6) is 11.5 Å². The fourth-order valence-electron chi connectivity index (χ4n) is 2.85. The molecule has 0 aliphatic carbocycles. The van der Waals surface area contributed by atoms with Crippen molar-refractivity contribution in [2.24, 2.45) is 0 Å². The second-order valence-electron chi connectivity index (χ2n) is 6.60. The zero-order valence-corrected chi connectivity index (χ0v) is 18.7. The molecule has 0 saturated heterocycles. The lowest BCUT2D eigenvalue weighted by atomic mass is 10.1. The Morgan fingerprint density at radius 1 is 1.27 bits per heavy atom. The van der Waals surface area contributed by atoms with E-state index in [1.807, 2.05) is 50.2 Å². The van der Waals surface area contributed by atoms with E-state index in [-0.39, 0.29) is 24.5 Å². The summed E-state index contributed by atoms with van der Waals surface area (Å²) in [7, 11) is 0. The largest absolute Gasteiger partial charge is 0.454 e. The van der Waals surface area contributed by atoms with Crippen molar-refractivity contribution in [2.45, 2.75) is 24.2 Å². The number of nitrogens with one attached hydrogen (secondary N) is 2. The second-order valence-corrected chi connectivity index (χ2v) is 9.21. The van der Waals surface area contributed by atoms with Gasteiger partial charge in [0, 0.05) is 10.7 Å². The number of hydrogen-bond acceptors (Lipinski definition) is 8. The Kier molecular flexibility index (Phi) is 6.31. The molecule has 0 spiro atoms. The third-order valence-corrected chi connectivity index (χ3v) is 6.90. The fraction of sp³-hybridized carbons (Fsp3) is 0.250. The van der Waals surface area contributed by atoms with Gasteiger partial charge in [-0.2, -0.15) is 0 Å². The highest BCUT2D eigenvalue weighted by molar-refractivity contribution is 8.01. The number of carbonyl (C=O) groups excluding carboxylic acids is 1. The van der Waals surface area contributed by atoms with Gasteiger partial charge in [0.05, 0.1) is 11.8 Å². The number of aromatic nitrogens is 2. The lowest BCUT2D eigenvalue weighted by Crippen LogP contribution is -2.28. The second kappa shape index (κ2) is 9.11. The molecule has 0 saturated carbocycles. The summed E-state index contributed by atoms with van der Waals surface area (Å²) in [5.74, 6) is 1.59. The summed E-state index contributed by atoms with van der Waals surface area (Å²) in [6, 6.07) is 11.2. The van der Waals surface area contributed by atoms with Crippen LogP contribution in [0.1, 0.15) is 24.1 Å². The van der Waals surface area contributed by atoms with Gasteiger partial charge in [-0.25, -0.2) is 0 Å². The van der Waals surface area contributed by atoms with E-state index in [1.165, 1.54) is 23.1 Å². The van der Waals surface area contributed by atoms with Crippen LogP contribution in [0.15, 0.2) is 40.7 Å². The first kappa shape index (κ1) is 20.8. The van der Waals surface area contributed by atoms with E-state index in [9.17, 15) is 4.79 Å². The minimum absolute atomic E-state index is 0.0828. The van der Waals surface area contributed by atoms with Gasteiger partial charge in [0.15, 0.2) is 15.8 Å². The molecule has 30 heavy (non-hydrogen) atoms. The topological polar surface area (TPSA) is 85.4 Å². The van der Waals surface area contributed by atoms with Crippen molar-refractivity contribution in [3.63, 3.8) is 0 Å². The molecule has 1 atom stereocenters. The quantitative estimate of drug-likeness (QED) is 0.481. The van der Waals surface area contributed by atoms with E-state index < -0.39 is 0 Å². The van der Waals surface area contributed by atoms with Gasteiger partial charge in [-0.3, -0.25) is 4.79 Å². The number of halogens is 1. The van der Waals surface area contributed by atoms with Gasteiger partial charge < -0.3 is 20.1 Å². The lowest BCUT2D eigenvalue weighted by Gasteiger charge is -2.14. The van der Waals surface area contributed by atoms with Crippen molar-refractivity contribution in [3.05, 3.63) is 52.5 Å². The molecule has 1 aliphatic rings. The zero-order chi connectivity index (χ0) is 21.1. The molecular weight excluding hydrogens is 444 g/mol. The molecule has 1 aromatic heterocycles. The summed E-state index contributed by atoms with van der Waals surface area (Å²) in [6.45, 7) is 4.10. The highest BCUT2D eigenvalue weighted by atomic mass is 35.5. The Hall–Kier alpha value is -2.49. The first-order valence-corrected chi connectivity index (χ1v) is 11.3. The lowest BCUT2D eigenvalue weighted by molar-refractivity contribution is -0.119. The zero-order valence-electron chi connectivity index (χ0n) is 16.3. The Balaban J connectivity index is 1.29. The molecule has 1 amide bonds. The fourth-order valence-corrected chi connectivity index (χ4v) is 4.60. The van der Waals surface area contributed by atoms with Crippen LogP contribution in [0.3, 0.4) is 0 Å². The highest BCUT2D eigenvalue weighted by Gasteiger charge is 2.17. The van der Waals surface area contributed by atoms with Crippen LogP contribution in [0.4, 0.5) is 10.8 Å². The van der Waals surface area contributed by atoms with Gasteiger partial charge in [0.1, 0.15) is 0 Å². The van der Waals surface area contributed by atoms with Gasteiger partial charge in [-0.1, -0.05) is 46.8 Å². The van der Waals surface area contributed by atoms with E-state index >= 15 is 0 Å². The molecule has 10 heteroatoms. The highest BCUT2D eigenvalue weighted by Crippen LogP contribution is 2.34. The van der Waals surface area contributed by atoms with E-state index in [0.717, 1.165) is 22.6 Å². The third-order valence-electron chi connectivity index (χ3n) is 4.52. The van der Waals surface area contributed by atoms with E-state index in [0.29, 0.717) is 20.2 Å². The van der Waals surface area contributed by atoms with Crippen molar-refractivity contribution in [2.75, 3.05) is 17.9 Å². The van der Waals surface area contributed by atoms with Gasteiger partial charge in [0.2, 0.25) is 17.8 Å². The standard InChI is InChI=1S/C20H19ClN4O3S2/c1-11-14(21)4-3-5-15(11)23-19-24-25-20(30-19)29-9-18(26)22-12(2)13-6-7-16-17(8-13)28-10-27-16/h3-8,12H,9-10H2,1-2H3,(H,22,26)(H,23,24). The van der Waals surface area contributed by atoms with Crippen molar-refractivity contribution < 1.29 is 14.3 Å². The smallest absolute Gasteiger partial charge is 0.231 e. The molecule has 7 nitrogen and oxygen atoms in total. The number of fused-ring (bicyclic) bond motifs is 1. The van der Waals surface area contributed by atoms with Crippen molar-refractivity contribution in [3.8, 4) is 11.5 Å². The maximum absolute atomic E-state index is 12.4. The van der Waals surface area contributed by atoms with Crippen LogP contribution in [0.2, 0.25) is 5.02 Å². The van der Waals surface area contributed by atoms with Crippen molar-refractivity contribution in [1.29, 1.82) is 0 Å². The predicted octanol–water partition coefficient (Wildman–Crippen LogP) is 4.94. The summed E-state index contributed by atoms with van der Waals surface area (Å²) in [5.41, 5.74) is 2.78. The van der Waals surface area contributed by atoms with Crippen LogP contribution in [-0.4, -0.2) is 28.7 Å². The summed E-state index contributed by atoms with van der Waals surface area (Å²) in [6.07, 6.45) is 0. The minimum atomic E-state index is -0.148. The SMILES string of the molecule is Cc1c(Cl)cccc1Nc1nnc(SCC(=O)NC(C)c2ccc3c(c2)OCO3)s1. The maximum Gasteiger partial charge on any atom is 0.231 e. The summed E-state index contributed by atoms with van der Waals surface area (Å²) < 4.78 is 11.4. The molecule has 0 bridgehead atoms. The summed E-state index contributed by atoms with van der Waals surface area (Å²) in [4.78, 5) is 12.4. The Morgan fingerprint density at radius 3 is 2.97 bits per heavy atom. The number of benzene rings is 2. The molecule has 1 aliphatic heterocycles. The van der Waals surface area contributed by atoms with Gasteiger partial charge in [0.25, 0.3) is 0 Å². The molecule has 2 aromatic carbocycles. The molecular formula is C20H19ClN4O3S2. The monoisotopic (exact) mass is 462 g/mol. The van der Waals surface area contributed by atoms with Crippen LogP contribution >= 0.6 is 34.7 Å². The summed E-state index contributed by atoms with van der Waals surface area (Å²) >= 11 is 8.88. The molecule has 4 rings (SSSR count). The van der Waals surface area contributed by atoms with Gasteiger partial charge >= 0.3 is 0 Å². The van der Waals surface area contributed by atoms with Gasteiger partial charge in [-0.05, 0) is 49.2 Å². The number of carbonyl (C=O) groups is 1. The first-order chi connectivity index (χ1) is 14.5. The minimum Gasteiger partial charge on any atom is -0.454 e. The summed E-state index contributed by atoms with van der Waals surface area (Å²) in [5, 5.41) is 15.8. The Labute approximate surface area is 187 Å². The van der Waals surface area contributed by atoms with E-state index in [1.54, 1.807) is 0 Å². The molecule has 2 heterocycles. The van der Waals surface area contributed by atoms with Gasteiger partial charge in [-0.15, -0.1) is 10.2 Å². The molecule has 0 fully saturated rings. The Morgan fingerprint density at radius 2 is 2.10 bits per heavy atom. The van der Waals surface area contributed by atoms with Crippen LogP contribution < -0.4 is 20.1 Å². The number of ether oxygens (including phenoxy) is 2. The van der Waals surface area contributed by atoms with Crippen molar-refractivity contribution in [1.82, 2.24) is 15.5 Å². The number of hydrogen-bond donors (Lipinski definition) is 2. The van der Waals surface area contributed by atoms with Crippen LogP contribution in [0, 0.1) is 6.92 Å². The molecule has 156 valence electrons. The average Bonchev–Trinajstić information content (AvgIpc) is 3.38. The molecule has 1 unspecified atom stereocenters. The van der Waals surface area contributed by atoms with Crippen LogP contribution in [-0.2, 0) is 4.79 Å². The Bertz CT molecular complexity index is 1080. The average molecular weight is 463 g/mol. The van der Waals surface area contributed by atoms with Crippen molar-refractivity contribution >= 4 is 51.4 Å². The first-order valence-electron chi connectivity index (χ1n) is 9.17. The number of nitrogens with zero attached hydrogens (tertiary/aromatic N) is 2. The normalized spacial score (nSPS) is 13.2. The number of anilines is 2. The molecule has 2 N–H and O–H groups in total. The molecule has 0 radical (unpaired) electrons. The van der Waals surface area contributed by atoms with E-state index in [4.69, 9.17) is 21.1 Å². The number of thioether (sulfide) groups is 1. The predicted molar refractivity (Wildman–Crippen MR) is 119 cm³/mol.